The largest absolute Gasteiger partial charge is 0.497 e. The number of nitrogens with one attached hydrogen (secondary N) is 2. The zero-order valence-electron chi connectivity index (χ0n) is 20.5. The fourth-order valence-electron chi connectivity index (χ4n) is 4.23. The highest BCUT2D eigenvalue weighted by Gasteiger charge is 2.34. The number of rotatable bonds is 8. The highest BCUT2D eigenvalue weighted by atomic mass is 16.5. The van der Waals surface area contributed by atoms with Crippen LogP contribution in [0.3, 0.4) is 0 Å². The molecule has 0 aliphatic carbocycles. The van der Waals surface area contributed by atoms with Crippen LogP contribution in [-0.4, -0.2) is 54.9 Å². The van der Waals surface area contributed by atoms with E-state index in [1.54, 1.807) is 37.4 Å². The van der Waals surface area contributed by atoms with Crippen molar-refractivity contribution in [3.05, 3.63) is 65.2 Å². The maximum absolute atomic E-state index is 13.1. The molecule has 34 heavy (non-hydrogen) atoms. The Balaban J connectivity index is 1.70. The Morgan fingerprint density at radius 3 is 2.26 bits per heavy atom. The summed E-state index contributed by atoms with van der Waals surface area (Å²) in [5.41, 5.74) is 2.04. The van der Waals surface area contributed by atoms with Crippen LogP contribution in [0.1, 0.15) is 59.4 Å². The van der Waals surface area contributed by atoms with Gasteiger partial charge in [0.15, 0.2) is 0 Å². The maximum Gasteiger partial charge on any atom is 0.253 e. The number of carbonyl (C=O) groups is 3. The minimum atomic E-state index is -0.653. The zero-order chi connectivity index (χ0) is 24.7. The van der Waals surface area contributed by atoms with Gasteiger partial charge in [0.1, 0.15) is 11.8 Å². The van der Waals surface area contributed by atoms with E-state index in [2.05, 4.69) is 10.6 Å². The van der Waals surface area contributed by atoms with Crippen LogP contribution < -0.4 is 15.4 Å². The standard InChI is InChI=1S/C27H35N3O4/c1-5-19(3)28-26(32)24(29-25(31)23-9-7-6-8-18(23)2)20-14-16-30(17-15-20)27(33)21-10-12-22(34-4)13-11-21/h6-13,19-20,24H,5,14-17H2,1-4H3,(H,28,32)(H,29,31)/t19-,24-/m1/s1. The molecule has 7 nitrogen and oxygen atoms in total. The number of aryl methyl sites for hydroxylation is 1. The molecule has 1 heterocycles. The second-order valence-corrected chi connectivity index (χ2v) is 8.94. The molecule has 2 aromatic carbocycles. The fraction of sp³-hybridized carbons (Fsp3) is 0.444. The molecule has 1 fully saturated rings. The van der Waals surface area contributed by atoms with E-state index in [1.165, 1.54) is 0 Å². The van der Waals surface area contributed by atoms with Gasteiger partial charge < -0.3 is 20.3 Å². The summed E-state index contributed by atoms with van der Waals surface area (Å²) in [5.74, 6) is 0.188. The van der Waals surface area contributed by atoms with Gasteiger partial charge in [-0.05, 0) is 74.9 Å². The molecule has 1 aliphatic heterocycles. The van der Waals surface area contributed by atoms with E-state index in [1.807, 2.05) is 43.9 Å². The second kappa shape index (κ2) is 11.7. The van der Waals surface area contributed by atoms with Crippen LogP contribution in [0, 0.1) is 12.8 Å². The van der Waals surface area contributed by atoms with Crippen LogP contribution >= 0.6 is 0 Å². The summed E-state index contributed by atoms with van der Waals surface area (Å²) >= 11 is 0. The number of methoxy groups -OCH3 is 1. The molecule has 3 rings (SSSR count). The van der Waals surface area contributed by atoms with Crippen LogP contribution in [0.15, 0.2) is 48.5 Å². The number of benzene rings is 2. The molecule has 3 amide bonds. The molecule has 1 saturated heterocycles. The maximum atomic E-state index is 13.1. The molecular weight excluding hydrogens is 430 g/mol. The number of piperidine rings is 1. The van der Waals surface area contributed by atoms with Gasteiger partial charge >= 0.3 is 0 Å². The van der Waals surface area contributed by atoms with E-state index in [4.69, 9.17) is 4.74 Å². The molecule has 2 aromatic rings. The zero-order valence-corrected chi connectivity index (χ0v) is 20.5. The third-order valence-corrected chi connectivity index (χ3v) is 6.59. The molecular formula is C27H35N3O4. The molecule has 0 spiro atoms. The van der Waals surface area contributed by atoms with Crippen molar-refractivity contribution in [2.45, 2.75) is 52.1 Å². The molecule has 7 heteroatoms. The minimum absolute atomic E-state index is 0.0158. The van der Waals surface area contributed by atoms with Crippen LogP contribution in [0.25, 0.3) is 0 Å². The van der Waals surface area contributed by atoms with Crippen molar-refractivity contribution < 1.29 is 19.1 Å². The molecule has 0 unspecified atom stereocenters. The van der Waals surface area contributed by atoms with Gasteiger partial charge in [0.05, 0.1) is 7.11 Å². The summed E-state index contributed by atoms with van der Waals surface area (Å²) in [4.78, 5) is 40.9. The first-order valence-electron chi connectivity index (χ1n) is 11.9. The quantitative estimate of drug-likeness (QED) is 0.624. The number of ether oxygens (including phenoxy) is 1. The fourth-order valence-corrected chi connectivity index (χ4v) is 4.23. The average Bonchev–Trinajstić information content (AvgIpc) is 2.87. The Hall–Kier alpha value is -3.35. The van der Waals surface area contributed by atoms with E-state index in [-0.39, 0.29) is 29.7 Å². The lowest BCUT2D eigenvalue weighted by molar-refractivity contribution is -0.125. The van der Waals surface area contributed by atoms with Crippen molar-refractivity contribution in [3.8, 4) is 5.75 Å². The number of nitrogens with zero attached hydrogens (tertiary/aromatic N) is 1. The molecule has 0 radical (unpaired) electrons. The van der Waals surface area contributed by atoms with Crippen LogP contribution in [0.2, 0.25) is 0 Å². The first-order chi connectivity index (χ1) is 16.3. The number of likely N-dealkylation sites (tertiary alicyclic amines) is 1. The lowest BCUT2D eigenvalue weighted by Gasteiger charge is -2.36. The van der Waals surface area contributed by atoms with Crippen LogP contribution in [0.5, 0.6) is 5.75 Å². The molecule has 2 N–H and O–H groups in total. The van der Waals surface area contributed by atoms with Crippen molar-refractivity contribution in [2.75, 3.05) is 20.2 Å². The van der Waals surface area contributed by atoms with Crippen molar-refractivity contribution in [2.24, 2.45) is 5.92 Å². The summed E-state index contributed by atoms with van der Waals surface area (Å²) in [6, 6.07) is 13.8. The Morgan fingerprint density at radius 2 is 1.68 bits per heavy atom. The van der Waals surface area contributed by atoms with E-state index < -0.39 is 6.04 Å². The van der Waals surface area contributed by atoms with Crippen LogP contribution in [0.4, 0.5) is 0 Å². The van der Waals surface area contributed by atoms with E-state index in [0.29, 0.717) is 42.8 Å². The topological polar surface area (TPSA) is 87.7 Å². The van der Waals surface area contributed by atoms with E-state index >= 15 is 0 Å². The Bertz CT molecular complexity index is 997. The van der Waals surface area contributed by atoms with Gasteiger partial charge in [-0.2, -0.15) is 0 Å². The normalized spacial score (nSPS) is 15.8. The van der Waals surface area contributed by atoms with Gasteiger partial charge in [0.2, 0.25) is 5.91 Å². The Kier molecular flexibility index (Phi) is 8.68. The third kappa shape index (κ3) is 6.16. The minimum Gasteiger partial charge on any atom is -0.497 e. The molecule has 182 valence electrons. The predicted octanol–water partition coefficient (Wildman–Crippen LogP) is 3.57. The monoisotopic (exact) mass is 465 g/mol. The Labute approximate surface area is 201 Å². The summed E-state index contributed by atoms with van der Waals surface area (Å²) in [6.45, 7) is 6.90. The first-order valence-corrected chi connectivity index (χ1v) is 11.9. The molecule has 0 aromatic heterocycles. The van der Waals surface area contributed by atoms with Gasteiger partial charge in [-0.15, -0.1) is 0 Å². The van der Waals surface area contributed by atoms with Gasteiger partial charge in [-0.25, -0.2) is 0 Å². The highest BCUT2D eigenvalue weighted by molar-refractivity contribution is 5.99. The van der Waals surface area contributed by atoms with Gasteiger partial charge in [0, 0.05) is 30.3 Å². The van der Waals surface area contributed by atoms with Crippen molar-refractivity contribution >= 4 is 17.7 Å². The number of amides is 3. The Morgan fingerprint density at radius 1 is 1.03 bits per heavy atom. The number of hydrogen-bond donors (Lipinski definition) is 2. The molecule has 0 bridgehead atoms. The van der Waals surface area contributed by atoms with Crippen molar-refractivity contribution in [1.82, 2.24) is 15.5 Å². The summed E-state index contributed by atoms with van der Waals surface area (Å²) < 4.78 is 5.17. The summed E-state index contributed by atoms with van der Waals surface area (Å²) in [5, 5.41) is 6.02. The molecule has 2 atom stereocenters. The van der Waals surface area contributed by atoms with Crippen molar-refractivity contribution in [3.63, 3.8) is 0 Å². The number of carbonyl (C=O) groups excluding carboxylic acids is 3. The lowest BCUT2D eigenvalue weighted by Crippen LogP contribution is -2.55. The number of hydrogen-bond acceptors (Lipinski definition) is 4. The van der Waals surface area contributed by atoms with Gasteiger partial charge in [-0.3, -0.25) is 14.4 Å². The smallest absolute Gasteiger partial charge is 0.253 e. The summed E-state index contributed by atoms with van der Waals surface area (Å²) in [6.07, 6.45) is 2.07. The predicted molar refractivity (Wildman–Crippen MR) is 132 cm³/mol. The summed E-state index contributed by atoms with van der Waals surface area (Å²) in [7, 11) is 1.59. The van der Waals surface area contributed by atoms with Crippen molar-refractivity contribution in [1.29, 1.82) is 0 Å². The molecule has 0 saturated carbocycles. The average molecular weight is 466 g/mol. The third-order valence-electron chi connectivity index (χ3n) is 6.59. The van der Waals surface area contributed by atoms with E-state index in [9.17, 15) is 14.4 Å². The highest BCUT2D eigenvalue weighted by Crippen LogP contribution is 2.24. The first kappa shape index (κ1) is 25.3. The van der Waals surface area contributed by atoms with Gasteiger partial charge in [-0.1, -0.05) is 25.1 Å². The SMILES string of the molecule is CC[C@@H](C)NC(=O)[C@H](NC(=O)c1ccccc1C)C1CCN(C(=O)c2ccc(OC)cc2)CC1. The van der Waals surface area contributed by atoms with E-state index in [0.717, 1.165) is 12.0 Å². The molecule has 1 aliphatic rings. The van der Waals surface area contributed by atoms with Gasteiger partial charge in [0.25, 0.3) is 11.8 Å². The van der Waals surface area contributed by atoms with Crippen LogP contribution in [-0.2, 0) is 4.79 Å². The lowest BCUT2D eigenvalue weighted by atomic mass is 9.88. The second-order valence-electron chi connectivity index (χ2n) is 8.94.